The third kappa shape index (κ3) is 3.93. The fraction of sp³-hybridized carbons (Fsp3) is 0.917. The molecule has 0 bridgehead atoms. The molecule has 0 aromatic rings. The van der Waals surface area contributed by atoms with E-state index in [0.29, 0.717) is 5.41 Å². The Hall–Kier alpha value is -0.330. The van der Waals surface area contributed by atoms with Crippen molar-refractivity contribution in [3.63, 3.8) is 0 Å². The second-order valence-electron chi connectivity index (χ2n) is 5.10. The van der Waals surface area contributed by atoms with E-state index in [2.05, 4.69) is 20.8 Å². The summed E-state index contributed by atoms with van der Waals surface area (Å²) in [5.74, 6) is 0. The van der Waals surface area contributed by atoms with E-state index in [1.165, 1.54) is 44.2 Å². The minimum Gasteiger partial charge on any atom is -0.294 e. The van der Waals surface area contributed by atoms with Crippen molar-refractivity contribution < 1.29 is 0 Å². The smallest absolute Gasteiger partial charge is 0.0388 e. The molecular formula is C12H23N. The third-order valence-electron chi connectivity index (χ3n) is 2.74. The molecule has 76 valence electrons. The van der Waals surface area contributed by atoms with Crippen molar-refractivity contribution in [2.45, 2.75) is 59.3 Å². The van der Waals surface area contributed by atoms with Crippen LogP contribution in [0.15, 0.2) is 4.99 Å². The Bertz CT molecular complexity index is 174. The van der Waals surface area contributed by atoms with Crippen LogP contribution in [0.5, 0.6) is 0 Å². The topological polar surface area (TPSA) is 12.4 Å². The van der Waals surface area contributed by atoms with Gasteiger partial charge in [0.15, 0.2) is 0 Å². The fourth-order valence-corrected chi connectivity index (χ4v) is 1.84. The summed E-state index contributed by atoms with van der Waals surface area (Å²) in [7, 11) is 0. The molecule has 0 atom stereocenters. The van der Waals surface area contributed by atoms with Crippen LogP contribution in [0.3, 0.4) is 0 Å². The van der Waals surface area contributed by atoms with Gasteiger partial charge in [-0.05, 0) is 24.7 Å². The third-order valence-corrected chi connectivity index (χ3v) is 2.74. The maximum atomic E-state index is 4.73. The van der Waals surface area contributed by atoms with E-state index in [0.717, 1.165) is 6.54 Å². The van der Waals surface area contributed by atoms with E-state index in [4.69, 9.17) is 4.99 Å². The van der Waals surface area contributed by atoms with Crippen LogP contribution >= 0.6 is 0 Å². The van der Waals surface area contributed by atoms with Crippen LogP contribution in [0.2, 0.25) is 0 Å². The molecule has 0 radical (unpaired) electrons. The van der Waals surface area contributed by atoms with Crippen molar-refractivity contribution >= 4 is 5.71 Å². The van der Waals surface area contributed by atoms with Gasteiger partial charge in [0.2, 0.25) is 0 Å². The van der Waals surface area contributed by atoms with Crippen LogP contribution in [0, 0.1) is 5.41 Å². The van der Waals surface area contributed by atoms with E-state index in [1.807, 2.05) is 0 Å². The minimum atomic E-state index is 0.296. The zero-order chi connectivity index (χ0) is 9.73. The molecule has 1 aliphatic rings. The minimum absolute atomic E-state index is 0.296. The van der Waals surface area contributed by atoms with Gasteiger partial charge in [0.25, 0.3) is 0 Å². The molecule has 1 aliphatic heterocycles. The average Bonchev–Trinajstić information content (AvgIpc) is 2.14. The van der Waals surface area contributed by atoms with Gasteiger partial charge in [-0.1, -0.05) is 40.0 Å². The van der Waals surface area contributed by atoms with Crippen molar-refractivity contribution in [1.82, 2.24) is 0 Å². The molecule has 0 aromatic heterocycles. The van der Waals surface area contributed by atoms with Crippen molar-refractivity contribution in [2.75, 3.05) is 6.54 Å². The molecule has 1 heterocycles. The molecule has 0 aromatic carbocycles. The second kappa shape index (κ2) is 4.78. The number of rotatable bonds is 0. The zero-order valence-corrected chi connectivity index (χ0v) is 9.40. The Morgan fingerprint density at radius 3 is 2.23 bits per heavy atom. The van der Waals surface area contributed by atoms with E-state index < -0.39 is 0 Å². The van der Waals surface area contributed by atoms with E-state index in [-0.39, 0.29) is 0 Å². The van der Waals surface area contributed by atoms with Crippen LogP contribution in [-0.4, -0.2) is 12.3 Å². The van der Waals surface area contributed by atoms with Gasteiger partial charge in [-0.2, -0.15) is 0 Å². The quantitative estimate of drug-likeness (QED) is 0.538. The maximum absolute atomic E-state index is 4.73. The van der Waals surface area contributed by atoms with Gasteiger partial charge in [-0.25, -0.2) is 0 Å². The first-order valence-electron chi connectivity index (χ1n) is 5.64. The summed E-state index contributed by atoms with van der Waals surface area (Å²) in [6.45, 7) is 7.91. The Balaban J connectivity index is 2.57. The van der Waals surface area contributed by atoms with Crippen molar-refractivity contribution in [3.05, 3.63) is 0 Å². The summed E-state index contributed by atoms with van der Waals surface area (Å²) in [5.41, 5.74) is 1.74. The van der Waals surface area contributed by atoms with Gasteiger partial charge in [0.05, 0.1) is 0 Å². The van der Waals surface area contributed by atoms with Crippen molar-refractivity contribution in [3.8, 4) is 0 Å². The molecule has 0 spiro atoms. The number of nitrogens with zero attached hydrogens (tertiary/aromatic N) is 1. The summed E-state index contributed by atoms with van der Waals surface area (Å²) in [5, 5.41) is 0. The molecule has 1 heteroatoms. The van der Waals surface area contributed by atoms with Gasteiger partial charge >= 0.3 is 0 Å². The highest BCUT2D eigenvalue weighted by molar-refractivity contribution is 5.89. The predicted molar refractivity (Wildman–Crippen MR) is 59.5 cm³/mol. The summed E-state index contributed by atoms with van der Waals surface area (Å²) in [4.78, 5) is 4.73. The Morgan fingerprint density at radius 1 is 0.923 bits per heavy atom. The molecule has 13 heavy (non-hydrogen) atoms. The lowest BCUT2D eigenvalue weighted by atomic mass is 9.87. The molecule has 0 unspecified atom stereocenters. The van der Waals surface area contributed by atoms with Gasteiger partial charge in [0.1, 0.15) is 0 Å². The monoisotopic (exact) mass is 181 g/mol. The van der Waals surface area contributed by atoms with Crippen molar-refractivity contribution in [1.29, 1.82) is 0 Å². The van der Waals surface area contributed by atoms with Gasteiger partial charge in [-0.3, -0.25) is 4.99 Å². The molecule has 1 rings (SSSR count). The van der Waals surface area contributed by atoms with Gasteiger partial charge in [0, 0.05) is 12.3 Å². The molecule has 0 fully saturated rings. The normalized spacial score (nSPS) is 25.3. The first-order chi connectivity index (χ1) is 6.11. The first-order valence-corrected chi connectivity index (χ1v) is 5.64. The van der Waals surface area contributed by atoms with Crippen LogP contribution in [0.25, 0.3) is 0 Å². The van der Waals surface area contributed by atoms with E-state index >= 15 is 0 Å². The average molecular weight is 181 g/mol. The summed E-state index contributed by atoms with van der Waals surface area (Å²) < 4.78 is 0. The molecule has 1 nitrogen and oxygen atoms in total. The van der Waals surface area contributed by atoms with E-state index in [1.54, 1.807) is 0 Å². The lowest BCUT2D eigenvalue weighted by molar-refractivity contribution is 0.567. The Morgan fingerprint density at radius 2 is 1.54 bits per heavy atom. The first kappa shape index (κ1) is 10.7. The number of aliphatic imine (C=N–C) groups is 1. The second-order valence-corrected chi connectivity index (χ2v) is 5.10. The molecule has 0 saturated heterocycles. The SMILES string of the molecule is CC(C)(C)/C1=N/CCCCCCC1. The Labute approximate surface area is 82.6 Å². The molecule has 0 saturated carbocycles. The molecule has 0 N–H and O–H groups in total. The fourth-order valence-electron chi connectivity index (χ4n) is 1.84. The highest BCUT2D eigenvalue weighted by Crippen LogP contribution is 2.22. The summed E-state index contributed by atoms with van der Waals surface area (Å²) in [6, 6.07) is 0. The van der Waals surface area contributed by atoms with Gasteiger partial charge < -0.3 is 0 Å². The molecule has 0 amide bonds. The molecular weight excluding hydrogens is 158 g/mol. The van der Waals surface area contributed by atoms with Crippen LogP contribution in [0.4, 0.5) is 0 Å². The predicted octanol–water partition coefficient (Wildman–Crippen LogP) is 3.83. The zero-order valence-electron chi connectivity index (χ0n) is 9.40. The van der Waals surface area contributed by atoms with Crippen molar-refractivity contribution in [2.24, 2.45) is 10.4 Å². The summed E-state index contributed by atoms with van der Waals surface area (Å²) in [6.07, 6.45) is 8.04. The Kier molecular flexibility index (Phi) is 3.95. The maximum Gasteiger partial charge on any atom is 0.0388 e. The lowest BCUT2D eigenvalue weighted by Crippen LogP contribution is -2.20. The number of hydrogen-bond donors (Lipinski definition) is 0. The number of hydrogen-bond acceptors (Lipinski definition) is 1. The van der Waals surface area contributed by atoms with Gasteiger partial charge in [-0.15, -0.1) is 0 Å². The van der Waals surface area contributed by atoms with E-state index in [9.17, 15) is 0 Å². The highest BCUT2D eigenvalue weighted by Gasteiger charge is 2.18. The standard InChI is InChI=1S/C12H23N/c1-12(2,3)11-9-7-5-4-6-8-10-13-11/h4-10H2,1-3H3/b13-11+. The lowest BCUT2D eigenvalue weighted by Gasteiger charge is -2.21. The highest BCUT2D eigenvalue weighted by atomic mass is 14.7. The van der Waals surface area contributed by atoms with Crippen LogP contribution < -0.4 is 0 Å². The van der Waals surface area contributed by atoms with Crippen LogP contribution in [-0.2, 0) is 0 Å². The summed E-state index contributed by atoms with van der Waals surface area (Å²) >= 11 is 0. The largest absolute Gasteiger partial charge is 0.294 e. The molecule has 0 aliphatic carbocycles. The van der Waals surface area contributed by atoms with Crippen LogP contribution in [0.1, 0.15) is 59.3 Å².